The van der Waals surface area contributed by atoms with Gasteiger partial charge in [0.2, 0.25) is 0 Å². The molecule has 0 radical (unpaired) electrons. The second-order valence-electron chi connectivity index (χ2n) is 6.40. The van der Waals surface area contributed by atoms with E-state index in [2.05, 4.69) is 28.5 Å². The molecule has 2 aromatic heterocycles. The van der Waals surface area contributed by atoms with Gasteiger partial charge >= 0.3 is 6.03 Å². The summed E-state index contributed by atoms with van der Waals surface area (Å²) in [5.74, 6) is 0.449. The number of anilines is 1. The van der Waals surface area contributed by atoms with Crippen LogP contribution in [0.1, 0.15) is 29.5 Å². The molecule has 1 saturated heterocycles. The number of nitrogens with one attached hydrogen (secondary N) is 1. The standard InChI is InChI=1S/C19H20N4OS/c1-13-12-15(6-9-20-13)21-19(24)23-10-7-14(8-11-23)18-22-16-4-2-3-5-17(16)25-18/h2-6,9,12,14H,7-8,10-11H2,1H3,(H,20,21,24). The Morgan fingerprint density at radius 1 is 1.24 bits per heavy atom. The molecule has 1 fully saturated rings. The van der Waals surface area contributed by atoms with Crippen molar-refractivity contribution < 1.29 is 4.79 Å². The molecule has 1 N–H and O–H groups in total. The zero-order chi connectivity index (χ0) is 17.2. The van der Waals surface area contributed by atoms with Gasteiger partial charge < -0.3 is 10.2 Å². The Morgan fingerprint density at radius 2 is 2.04 bits per heavy atom. The van der Waals surface area contributed by atoms with Gasteiger partial charge in [-0.25, -0.2) is 9.78 Å². The normalized spacial score (nSPS) is 15.5. The SMILES string of the molecule is Cc1cc(NC(=O)N2CCC(c3nc4ccccc4s3)CC2)ccn1. The summed E-state index contributed by atoms with van der Waals surface area (Å²) in [4.78, 5) is 23.3. The summed E-state index contributed by atoms with van der Waals surface area (Å²) in [7, 11) is 0. The zero-order valence-corrected chi connectivity index (χ0v) is 14.9. The van der Waals surface area contributed by atoms with Crippen molar-refractivity contribution in [3.8, 4) is 0 Å². The lowest BCUT2D eigenvalue weighted by atomic mass is 9.98. The summed E-state index contributed by atoms with van der Waals surface area (Å²) in [5.41, 5.74) is 2.77. The first-order valence-electron chi connectivity index (χ1n) is 8.53. The first-order valence-corrected chi connectivity index (χ1v) is 9.35. The molecule has 6 heteroatoms. The van der Waals surface area contributed by atoms with Crippen molar-refractivity contribution in [1.82, 2.24) is 14.9 Å². The number of nitrogens with zero attached hydrogens (tertiary/aromatic N) is 3. The Balaban J connectivity index is 1.38. The molecule has 4 rings (SSSR count). The average molecular weight is 352 g/mol. The molecule has 3 aromatic rings. The molecule has 5 nitrogen and oxygen atoms in total. The second-order valence-corrected chi connectivity index (χ2v) is 7.46. The predicted molar refractivity (Wildman–Crippen MR) is 101 cm³/mol. The van der Waals surface area contributed by atoms with Crippen LogP contribution >= 0.6 is 11.3 Å². The average Bonchev–Trinajstić information content (AvgIpc) is 3.06. The van der Waals surface area contributed by atoms with E-state index >= 15 is 0 Å². The Bertz CT molecular complexity index is 866. The molecule has 0 unspecified atom stereocenters. The van der Waals surface area contributed by atoms with Crippen molar-refractivity contribution in [2.75, 3.05) is 18.4 Å². The van der Waals surface area contributed by atoms with Crippen LogP contribution in [0.25, 0.3) is 10.2 Å². The number of hydrogen-bond acceptors (Lipinski definition) is 4. The molecule has 128 valence electrons. The highest BCUT2D eigenvalue weighted by Gasteiger charge is 2.26. The number of fused-ring (bicyclic) bond motifs is 1. The number of benzene rings is 1. The zero-order valence-electron chi connectivity index (χ0n) is 14.1. The number of piperidine rings is 1. The third-order valence-corrected chi connectivity index (χ3v) is 5.79. The largest absolute Gasteiger partial charge is 0.324 e. The molecule has 1 aliphatic rings. The molecular weight excluding hydrogens is 332 g/mol. The molecule has 1 aliphatic heterocycles. The van der Waals surface area contributed by atoms with Crippen molar-refractivity contribution in [3.05, 3.63) is 53.3 Å². The second kappa shape index (κ2) is 6.80. The summed E-state index contributed by atoms with van der Waals surface area (Å²) in [6, 6.07) is 11.9. The number of carbonyl (C=O) groups excluding carboxylic acids is 1. The Kier molecular flexibility index (Phi) is 4.36. The van der Waals surface area contributed by atoms with Crippen LogP contribution in [-0.2, 0) is 0 Å². The maximum atomic E-state index is 12.4. The van der Waals surface area contributed by atoms with E-state index in [1.165, 1.54) is 9.71 Å². The Labute approximate surface area is 150 Å². The third kappa shape index (κ3) is 3.49. The van der Waals surface area contributed by atoms with E-state index in [9.17, 15) is 4.79 Å². The van der Waals surface area contributed by atoms with Gasteiger partial charge in [0.15, 0.2) is 0 Å². The number of thiazole rings is 1. The lowest BCUT2D eigenvalue weighted by molar-refractivity contribution is 0.194. The first-order chi connectivity index (χ1) is 12.2. The predicted octanol–water partition coefficient (Wildman–Crippen LogP) is 4.41. The number of carbonyl (C=O) groups is 1. The summed E-state index contributed by atoms with van der Waals surface area (Å²) in [6.07, 6.45) is 3.63. The number of likely N-dealkylation sites (tertiary alicyclic amines) is 1. The van der Waals surface area contributed by atoms with Gasteiger partial charge in [-0.15, -0.1) is 11.3 Å². The van der Waals surface area contributed by atoms with E-state index in [0.717, 1.165) is 42.8 Å². The minimum atomic E-state index is -0.0339. The highest BCUT2D eigenvalue weighted by Crippen LogP contribution is 2.33. The number of hydrogen-bond donors (Lipinski definition) is 1. The van der Waals surface area contributed by atoms with Crippen LogP contribution in [0, 0.1) is 6.92 Å². The van der Waals surface area contributed by atoms with Gasteiger partial charge in [-0.05, 0) is 44.0 Å². The number of para-hydroxylation sites is 1. The number of aromatic nitrogens is 2. The number of amides is 2. The van der Waals surface area contributed by atoms with E-state index in [4.69, 9.17) is 4.98 Å². The van der Waals surface area contributed by atoms with Gasteiger partial charge in [0.1, 0.15) is 0 Å². The van der Waals surface area contributed by atoms with Gasteiger partial charge in [-0.3, -0.25) is 4.98 Å². The Morgan fingerprint density at radius 3 is 2.80 bits per heavy atom. The van der Waals surface area contributed by atoms with Crippen LogP contribution in [0.3, 0.4) is 0 Å². The van der Waals surface area contributed by atoms with Crippen molar-refractivity contribution in [3.63, 3.8) is 0 Å². The fourth-order valence-corrected chi connectivity index (χ4v) is 4.36. The highest BCUT2D eigenvalue weighted by molar-refractivity contribution is 7.18. The van der Waals surface area contributed by atoms with Crippen LogP contribution in [0.4, 0.5) is 10.5 Å². The van der Waals surface area contributed by atoms with E-state index in [0.29, 0.717) is 5.92 Å². The third-order valence-electron chi connectivity index (χ3n) is 4.59. The van der Waals surface area contributed by atoms with Crippen molar-refractivity contribution in [2.45, 2.75) is 25.7 Å². The molecule has 0 saturated carbocycles. The van der Waals surface area contributed by atoms with Crippen LogP contribution in [0.2, 0.25) is 0 Å². The molecule has 0 atom stereocenters. The monoisotopic (exact) mass is 352 g/mol. The van der Waals surface area contributed by atoms with Gasteiger partial charge in [-0.1, -0.05) is 12.1 Å². The van der Waals surface area contributed by atoms with Gasteiger partial charge in [-0.2, -0.15) is 0 Å². The quantitative estimate of drug-likeness (QED) is 0.743. The molecule has 0 aliphatic carbocycles. The molecule has 0 bridgehead atoms. The van der Waals surface area contributed by atoms with Crippen molar-refractivity contribution >= 4 is 33.3 Å². The van der Waals surface area contributed by atoms with E-state index in [-0.39, 0.29) is 6.03 Å². The van der Waals surface area contributed by atoms with E-state index in [1.807, 2.05) is 30.0 Å². The first kappa shape index (κ1) is 16.0. The molecule has 0 spiro atoms. The summed E-state index contributed by atoms with van der Waals surface area (Å²) >= 11 is 1.78. The van der Waals surface area contributed by atoms with Crippen LogP contribution in [-0.4, -0.2) is 34.0 Å². The number of pyridine rings is 1. The lowest BCUT2D eigenvalue weighted by Crippen LogP contribution is -2.40. The fraction of sp³-hybridized carbons (Fsp3) is 0.316. The smallest absolute Gasteiger partial charge is 0.321 e. The van der Waals surface area contributed by atoms with Gasteiger partial charge in [0.25, 0.3) is 0 Å². The minimum Gasteiger partial charge on any atom is -0.324 e. The van der Waals surface area contributed by atoms with E-state index < -0.39 is 0 Å². The highest BCUT2D eigenvalue weighted by atomic mass is 32.1. The molecule has 25 heavy (non-hydrogen) atoms. The van der Waals surface area contributed by atoms with Gasteiger partial charge in [0, 0.05) is 36.6 Å². The summed E-state index contributed by atoms with van der Waals surface area (Å²) < 4.78 is 1.24. The molecular formula is C19H20N4OS. The summed E-state index contributed by atoms with van der Waals surface area (Å²) in [6.45, 7) is 3.44. The van der Waals surface area contributed by atoms with Crippen LogP contribution in [0.5, 0.6) is 0 Å². The molecule has 3 heterocycles. The minimum absolute atomic E-state index is 0.0339. The molecule has 1 aromatic carbocycles. The van der Waals surface area contributed by atoms with Gasteiger partial charge in [0.05, 0.1) is 15.2 Å². The van der Waals surface area contributed by atoms with Crippen LogP contribution in [0.15, 0.2) is 42.6 Å². The maximum Gasteiger partial charge on any atom is 0.321 e. The topological polar surface area (TPSA) is 58.1 Å². The van der Waals surface area contributed by atoms with Crippen molar-refractivity contribution in [1.29, 1.82) is 0 Å². The summed E-state index contributed by atoms with van der Waals surface area (Å²) in [5, 5.41) is 4.16. The van der Waals surface area contributed by atoms with E-state index in [1.54, 1.807) is 17.5 Å². The number of rotatable bonds is 2. The Hall–Kier alpha value is -2.47. The number of aryl methyl sites for hydroxylation is 1. The fourth-order valence-electron chi connectivity index (χ4n) is 3.22. The van der Waals surface area contributed by atoms with Crippen molar-refractivity contribution in [2.24, 2.45) is 0 Å². The maximum absolute atomic E-state index is 12.4. The van der Waals surface area contributed by atoms with Crippen LogP contribution < -0.4 is 5.32 Å². The molecule has 2 amide bonds. The lowest BCUT2D eigenvalue weighted by Gasteiger charge is -2.31. The number of urea groups is 1.